The number of pyridine rings is 1. The normalized spacial score (nSPS) is 18.3. The van der Waals surface area contributed by atoms with Crippen LogP contribution in [0.15, 0.2) is 18.3 Å². The Hall–Kier alpha value is -2.36. The molecule has 0 bridgehead atoms. The minimum Gasteiger partial charge on any atom is -0.383 e. The Balaban J connectivity index is 1.79. The molecular weight excluding hydrogens is 351 g/mol. The predicted octanol–water partition coefficient (Wildman–Crippen LogP) is 1.73. The zero-order valence-corrected chi connectivity index (χ0v) is 14.3. The first kappa shape index (κ1) is 18.4. The number of fused-ring (bicyclic) bond motifs is 1. The van der Waals surface area contributed by atoms with Gasteiger partial charge in [0.25, 0.3) is 0 Å². The highest BCUT2D eigenvalue weighted by Gasteiger charge is 2.32. The number of carbonyl (C=O) groups is 1. The van der Waals surface area contributed by atoms with Crippen molar-refractivity contribution in [3.8, 4) is 0 Å². The summed E-state index contributed by atoms with van der Waals surface area (Å²) >= 11 is 0. The van der Waals surface area contributed by atoms with E-state index < -0.39 is 11.7 Å². The number of alkyl halides is 3. The van der Waals surface area contributed by atoms with Crippen molar-refractivity contribution in [2.75, 3.05) is 38.3 Å². The molecule has 0 saturated carbocycles. The molecule has 2 aromatic heterocycles. The van der Waals surface area contributed by atoms with Gasteiger partial charge in [-0.1, -0.05) is 0 Å². The lowest BCUT2D eigenvalue weighted by molar-refractivity contribution is -0.137. The largest absolute Gasteiger partial charge is 0.417 e. The molecule has 1 fully saturated rings. The number of piperidine rings is 1. The smallest absolute Gasteiger partial charge is 0.383 e. The van der Waals surface area contributed by atoms with Crippen molar-refractivity contribution in [3.05, 3.63) is 23.9 Å². The molecule has 1 aliphatic heterocycles. The van der Waals surface area contributed by atoms with Crippen LogP contribution >= 0.6 is 0 Å². The average molecular weight is 371 g/mol. The molecule has 0 radical (unpaired) electrons. The van der Waals surface area contributed by atoms with E-state index in [-0.39, 0.29) is 11.8 Å². The van der Waals surface area contributed by atoms with Crippen LogP contribution in [0.25, 0.3) is 5.65 Å². The number of methoxy groups -OCH3 is 1. The summed E-state index contributed by atoms with van der Waals surface area (Å²) in [6.45, 7) is 1.85. The van der Waals surface area contributed by atoms with E-state index in [2.05, 4.69) is 15.5 Å². The summed E-state index contributed by atoms with van der Waals surface area (Å²) in [7, 11) is 1.56. The lowest BCUT2D eigenvalue weighted by atomic mass is 9.97. The first-order valence-electron chi connectivity index (χ1n) is 8.33. The maximum atomic E-state index is 13.0. The van der Waals surface area contributed by atoms with Gasteiger partial charge < -0.3 is 15.0 Å². The van der Waals surface area contributed by atoms with Gasteiger partial charge >= 0.3 is 6.18 Å². The second-order valence-electron chi connectivity index (χ2n) is 6.21. The molecule has 1 saturated heterocycles. The van der Waals surface area contributed by atoms with Crippen LogP contribution in [-0.2, 0) is 15.7 Å². The molecule has 142 valence electrons. The van der Waals surface area contributed by atoms with Crippen molar-refractivity contribution in [2.45, 2.75) is 19.0 Å². The second kappa shape index (κ2) is 7.48. The number of aromatic nitrogens is 3. The molecular formula is C16H20F3N5O2. The van der Waals surface area contributed by atoms with Crippen molar-refractivity contribution in [2.24, 2.45) is 5.92 Å². The van der Waals surface area contributed by atoms with Crippen LogP contribution < -0.4 is 10.2 Å². The van der Waals surface area contributed by atoms with E-state index in [4.69, 9.17) is 4.74 Å². The Bertz CT molecular complexity index is 777. The standard InChI is InChI=1S/C16H20F3N5O2/c1-26-8-6-20-14(25)11-3-2-7-23(9-11)15-22-21-13-5-4-12(10-24(13)15)16(17,18)19/h4-5,10-11H,2-3,6-9H2,1H3,(H,20,25)/t11-/m1/s1. The number of carbonyl (C=O) groups excluding carboxylic acids is 1. The van der Waals surface area contributed by atoms with E-state index >= 15 is 0 Å². The molecule has 0 aromatic carbocycles. The minimum absolute atomic E-state index is 0.0865. The predicted molar refractivity (Wildman–Crippen MR) is 87.8 cm³/mol. The monoisotopic (exact) mass is 371 g/mol. The number of halogens is 3. The van der Waals surface area contributed by atoms with E-state index in [0.717, 1.165) is 25.1 Å². The van der Waals surface area contributed by atoms with Gasteiger partial charge in [-0.2, -0.15) is 13.2 Å². The molecule has 3 heterocycles. The van der Waals surface area contributed by atoms with Gasteiger partial charge in [-0.05, 0) is 25.0 Å². The highest BCUT2D eigenvalue weighted by Crippen LogP contribution is 2.30. The summed E-state index contributed by atoms with van der Waals surface area (Å²) in [4.78, 5) is 14.1. The molecule has 1 atom stereocenters. The highest BCUT2D eigenvalue weighted by molar-refractivity contribution is 5.79. The summed E-state index contributed by atoms with van der Waals surface area (Å²) in [5.74, 6) is -0.0178. The van der Waals surface area contributed by atoms with E-state index in [1.54, 1.807) is 7.11 Å². The Morgan fingerprint density at radius 1 is 1.38 bits per heavy atom. The quantitative estimate of drug-likeness (QED) is 0.811. The van der Waals surface area contributed by atoms with Gasteiger partial charge in [0.05, 0.1) is 18.1 Å². The van der Waals surface area contributed by atoms with Crippen LogP contribution in [0.1, 0.15) is 18.4 Å². The number of ether oxygens (including phenoxy) is 1. The molecule has 26 heavy (non-hydrogen) atoms. The fourth-order valence-electron chi connectivity index (χ4n) is 3.06. The van der Waals surface area contributed by atoms with Crippen molar-refractivity contribution in [3.63, 3.8) is 0 Å². The Kier molecular flexibility index (Phi) is 5.30. The van der Waals surface area contributed by atoms with Crippen LogP contribution in [0.4, 0.5) is 19.1 Å². The number of hydrogen-bond donors (Lipinski definition) is 1. The first-order chi connectivity index (χ1) is 12.4. The zero-order chi connectivity index (χ0) is 18.7. The Morgan fingerprint density at radius 2 is 2.19 bits per heavy atom. The molecule has 1 N–H and O–H groups in total. The van der Waals surface area contributed by atoms with Crippen LogP contribution in [0.3, 0.4) is 0 Å². The summed E-state index contributed by atoms with van der Waals surface area (Å²) in [5.41, 5.74) is -0.434. The van der Waals surface area contributed by atoms with Crippen molar-refractivity contribution in [1.82, 2.24) is 19.9 Å². The van der Waals surface area contributed by atoms with Gasteiger partial charge in [-0.15, -0.1) is 10.2 Å². The van der Waals surface area contributed by atoms with Gasteiger partial charge in [-0.3, -0.25) is 9.20 Å². The van der Waals surface area contributed by atoms with E-state index in [1.165, 1.54) is 10.5 Å². The van der Waals surface area contributed by atoms with Crippen molar-refractivity contribution < 1.29 is 22.7 Å². The summed E-state index contributed by atoms with van der Waals surface area (Å²) in [6.07, 6.45) is -1.98. The van der Waals surface area contributed by atoms with Crippen LogP contribution in [0.5, 0.6) is 0 Å². The van der Waals surface area contributed by atoms with Gasteiger partial charge in [0.15, 0.2) is 5.65 Å². The van der Waals surface area contributed by atoms with E-state index in [0.29, 0.717) is 37.8 Å². The second-order valence-corrected chi connectivity index (χ2v) is 6.21. The number of amides is 1. The molecule has 3 rings (SSSR count). The number of rotatable bonds is 5. The van der Waals surface area contributed by atoms with E-state index in [1.807, 2.05) is 4.90 Å². The fourth-order valence-corrected chi connectivity index (χ4v) is 3.06. The Labute approximate surface area is 148 Å². The van der Waals surface area contributed by atoms with Crippen LogP contribution in [-0.4, -0.2) is 53.9 Å². The topological polar surface area (TPSA) is 71.8 Å². The van der Waals surface area contributed by atoms with Gasteiger partial charge in [0.2, 0.25) is 11.9 Å². The molecule has 2 aromatic rings. The fraction of sp³-hybridized carbons (Fsp3) is 0.562. The lowest BCUT2D eigenvalue weighted by Crippen LogP contribution is -2.44. The van der Waals surface area contributed by atoms with Gasteiger partial charge in [0, 0.05) is 32.9 Å². The molecule has 10 heteroatoms. The number of nitrogens with one attached hydrogen (secondary N) is 1. The zero-order valence-electron chi connectivity index (χ0n) is 14.3. The van der Waals surface area contributed by atoms with Crippen LogP contribution in [0, 0.1) is 5.92 Å². The maximum Gasteiger partial charge on any atom is 0.417 e. The summed E-state index contributed by atoms with van der Waals surface area (Å²) in [5, 5.41) is 10.8. The van der Waals surface area contributed by atoms with Gasteiger partial charge in [0.1, 0.15) is 0 Å². The third-order valence-corrected chi connectivity index (χ3v) is 4.39. The number of nitrogens with zero attached hydrogens (tertiary/aromatic N) is 4. The molecule has 1 aliphatic rings. The Morgan fingerprint density at radius 3 is 2.92 bits per heavy atom. The summed E-state index contributed by atoms with van der Waals surface area (Å²) < 4.78 is 45.2. The average Bonchev–Trinajstić information content (AvgIpc) is 3.04. The highest BCUT2D eigenvalue weighted by atomic mass is 19.4. The molecule has 1 amide bonds. The SMILES string of the molecule is COCCNC(=O)[C@@H]1CCCN(c2nnc3ccc(C(F)(F)F)cn23)C1. The molecule has 7 nitrogen and oxygen atoms in total. The van der Waals surface area contributed by atoms with E-state index in [9.17, 15) is 18.0 Å². The number of anilines is 1. The third-order valence-electron chi connectivity index (χ3n) is 4.39. The summed E-state index contributed by atoms with van der Waals surface area (Å²) in [6, 6.07) is 2.27. The van der Waals surface area contributed by atoms with Crippen LogP contribution in [0.2, 0.25) is 0 Å². The molecule has 0 spiro atoms. The first-order valence-corrected chi connectivity index (χ1v) is 8.33. The maximum absolute atomic E-state index is 13.0. The molecule has 0 aliphatic carbocycles. The minimum atomic E-state index is -4.44. The van der Waals surface area contributed by atoms with Gasteiger partial charge in [-0.25, -0.2) is 0 Å². The number of hydrogen-bond acceptors (Lipinski definition) is 5. The van der Waals surface area contributed by atoms with Crippen molar-refractivity contribution in [1.29, 1.82) is 0 Å². The molecule has 0 unspecified atom stereocenters. The lowest BCUT2D eigenvalue weighted by Gasteiger charge is -2.32. The third kappa shape index (κ3) is 3.90. The van der Waals surface area contributed by atoms with Crippen molar-refractivity contribution >= 4 is 17.5 Å².